The summed E-state index contributed by atoms with van der Waals surface area (Å²) >= 11 is 1.60. The summed E-state index contributed by atoms with van der Waals surface area (Å²) in [7, 11) is 0. The third kappa shape index (κ3) is 9.36. The van der Waals surface area contributed by atoms with E-state index in [9.17, 15) is 4.79 Å². The molecule has 0 saturated carbocycles. The van der Waals surface area contributed by atoms with Crippen LogP contribution in [0.2, 0.25) is 0 Å². The van der Waals surface area contributed by atoms with Crippen molar-refractivity contribution >= 4 is 23.7 Å². The lowest BCUT2D eigenvalue weighted by Crippen LogP contribution is -2.33. The Hall–Kier alpha value is -1.40. The number of carbonyl (C=O) groups excluding carboxylic acids is 1. The number of aryl methyl sites for hydroxylation is 1. The van der Waals surface area contributed by atoms with Gasteiger partial charge in [0.05, 0.1) is 0 Å². The number of ether oxygens (including phenoxy) is 1. The van der Waals surface area contributed by atoms with E-state index in [0.29, 0.717) is 6.54 Å². The van der Waals surface area contributed by atoms with E-state index in [1.807, 2.05) is 39.8 Å². The second kappa shape index (κ2) is 9.67. The normalized spacial score (nSPS) is 11.3. The fourth-order valence-corrected chi connectivity index (χ4v) is 2.56. The SMILES string of the molecule is Cc1ccc(SNCCCCCNC(=O)OC(C)(C)C)cc1N. The van der Waals surface area contributed by atoms with Crippen LogP contribution in [0.1, 0.15) is 45.6 Å². The Kier molecular flexibility index (Phi) is 8.26. The summed E-state index contributed by atoms with van der Waals surface area (Å²) in [5.41, 5.74) is 7.37. The lowest BCUT2D eigenvalue weighted by molar-refractivity contribution is 0.0527. The number of benzene rings is 1. The minimum Gasteiger partial charge on any atom is -0.444 e. The molecule has 0 spiro atoms. The first-order valence-electron chi connectivity index (χ1n) is 8.00. The molecule has 1 rings (SSSR count). The van der Waals surface area contributed by atoms with Gasteiger partial charge >= 0.3 is 6.09 Å². The van der Waals surface area contributed by atoms with Crippen molar-refractivity contribution < 1.29 is 9.53 Å². The Balaban J connectivity index is 2.01. The Bertz CT molecular complexity index is 501. The first-order valence-corrected chi connectivity index (χ1v) is 8.82. The van der Waals surface area contributed by atoms with Crippen LogP contribution in [-0.2, 0) is 4.74 Å². The molecule has 130 valence electrons. The average molecular weight is 340 g/mol. The fourth-order valence-electron chi connectivity index (χ4n) is 1.82. The number of nitrogens with one attached hydrogen (secondary N) is 2. The van der Waals surface area contributed by atoms with Crippen molar-refractivity contribution in [1.82, 2.24) is 10.0 Å². The highest BCUT2D eigenvalue weighted by Crippen LogP contribution is 2.20. The lowest BCUT2D eigenvalue weighted by Gasteiger charge is -2.19. The number of rotatable bonds is 8. The van der Waals surface area contributed by atoms with Crippen molar-refractivity contribution in [3.05, 3.63) is 23.8 Å². The van der Waals surface area contributed by atoms with Gasteiger partial charge in [0.1, 0.15) is 5.60 Å². The van der Waals surface area contributed by atoms with Crippen molar-refractivity contribution in [1.29, 1.82) is 0 Å². The molecule has 0 fully saturated rings. The summed E-state index contributed by atoms with van der Waals surface area (Å²) < 4.78 is 8.50. The molecular weight excluding hydrogens is 310 g/mol. The van der Waals surface area contributed by atoms with Crippen molar-refractivity contribution in [2.24, 2.45) is 0 Å². The van der Waals surface area contributed by atoms with Gasteiger partial charge in [0.25, 0.3) is 0 Å². The highest BCUT2D eigenvalue weighted by atomic mass is 32.2. The van der Waals surface area contributed by atoms with Crippen LogP contribution in [-0.4, -0.2) is 24.8 Å². The van der Waals surface area contributed by atoms with Crippen LogP contribution < -0.4 is 15.8 Å². The molecule has 6 heteroatoms. The molecule has 5 nitrogen and oxygen atoms in total. The van der Waals surface area contributed by atoms with E-state index in [4.69, 9.17) is 10.5 Å². The Morgan fingerprint density at radius 2 is 1.91 bits per heavy atom. The fraction of sp³-hybridized carbons (Fsp3) is 0.588. The molecule has 23 heavy (non-hydrogen) atoms. The molecule has 0 heterocycles. The standard InChI is InChI=1S/C17H29N3O2S/c1-13-8-9-14(12-15(13)18)23-20-11-7-5-6-10-19-16(21)22-17(2,3)4/h8-9,12,20H,5-7,10-11,18H2,1-4H3,(H,19,21). The van der Waals surface area contributed by atoms with Crippen LogP contribution in [0, 0.1) is 6.92 Å². The van der Waals surface area contributed by atoms with Gasteiger partial charge in [0.2, 0.25) is 0 Å². The number of amides is 1. The first-order chi connectivity index (χ1) is 10.8. The van der Waals surface area contributed by atoms with Gasteiger partial charge in [-0.15, -0.1) is 0 Å². The molecule has 0 saturated heterocycles. The van der Waals surface area contributed by atoms with Crippen LogP contribution in [0.5, 0.6) is 0 Å². The predicted octanol–water partition coefficient (Wildman–Crippen LogP) is 3.87. The molecule has 0 atom stereocenters. The predicted molar refractivity (Wildman–Crippen MR) is 97.5 cm³/mol. The van der Waals surface area contributed by atoms with Gasteiger partial charge in [0, 0.05) is 23.7 Å². The monoisotopic (exact) mass is 339 g/mol. The van der Waals surface area contributed by atoms with Crippen molar-refractivity contribution in [3.63, 3.8) is 0 Å². The number of nitrogen functional groups attached to an aromatic ring is 1. The van der Waals surface area contributed by atoms with Gasteiger partial charge in [-0.25, -0.2) is 4.79 Å². The van der Waals surface area contributed by atoms with Crippen molar-refractivity contribution in [2.45, 2.75) is 57.5 Å². The van der Waals surface area contributed by atoms with E-state index in [2.05, 4.69) is 16.1 Å². The number of hydrogen-bond donors (Lipinski definition) is 3. The third-order valence-electron chi connectivity index (χ3n) is 3.06. The molecule has 1 aromatic carbocycles. The average Bonchev–Trinajstić information content (AvgIpc) is 2.43. The van der Waals surface area contributed by atoms with E-state index < -0.39 is 5.60 Å². The largest absolute Gasteiger partial charge is 0.444 e. The maximum atomic E-state index is 11.4. The van der Waals surface area contributed by atoms with Crippen LogP contribution in [0.3, 0.4) is 0 Å². The molecule has 1 aromatic rings. The summed E-state index contributed by atoms with van der Waals surface area (Å²) in [6.45, 7) is 9.15. The smallest absolute Gasteiger partial charge is 0.407 e. The molecule has 0 aliphatic rings. The summed E-state index contributed by atoms with van der Waals surface area (Å²) in [4.78, 5) is 12.6. The molecule has 4 N–H and O–H groups in total. The van der Waals surface area contributed by atoms with Crippen molar-refractivity contribution in [2.75, 3.05) is 18.8 Å². The molecule has 0 radical (unpaired) electrons. The maximum absolute atomic E-state index is 11.4. The number of anilines is 1. The summed E-state index contributed by atoms with van der Waals surface area (Å²) in [5, 5.41) is 2.77. The summed E-state index contributed by atoms with van der Waals surface area (Å²) in [6.07, 6.45) is 2.72. The molecule has 0 bridgehead atoms. The zero-order chi connectivity index (χ0) is 17.3. The topological polar surface area (TPSA) is 76.4 Å². The minimum absolute atomic E-state index is 0.344. The number of hydrogen-bond acceptors (Lipinski definition) is 5. The van der Waals surface area contributed by atoms with E-state index in [-0.39, 0.29) is 6.09 Å². The molecule has 0 aliphatic heterocycles. The maximum Gasteiger partial charge on any atom is 0.407 e. The van der Waals surface area contributed by atoms with Crippen LogP contribution >= 0.6 is 11.9 Å². The Labute approximate surface area is 143 Å². The zero-order valence-electron chi connectivity index (χ0n) is 14.6. The summed E-state index contributed by atoms with van der Waals surface area (Å²) in [5.74, 6) is 0. The lowest BCUT2D eigenvalue weighted by atomic mass is 10.2. The van der Waals surface area contributed by atoms with Gasteiger partial charge in [-0.3, -0.25) is 4.72 Å². The highest BCUT2D eigenvalue weighted by molar-refractivity contribution is 7.97. The molecule has 1 amide bonds. The van der Waals surface area contributed by atoms with Gasteiger partial charge in [-0.1, -0.05) is 12.5 Å². The Morgan fingerprint density at radius 3 is 2.57 bits per heavy atom. The van der Waals surface area contributed by atoms with E-state index >= 15 is 0 Å². The highest BCUT2D eigenvalue weighted by Gasteiger charge is 2.15. The summed E-state index contributed by atoms with van der Waals surface area (Å²) in [6, 6.07) is 6.08. The molecule has 0 unspecified atom stereocenters. The molecule has 0 aromatic heterocycles. The number of unbranched alkanes of at least 4 members (excludes halogenated alkanes) is 2. The molecular formula is C17H29N3O2S. The number of carbonyl (C=O) groups is 1. The second-order valence-electron chi connectivity index (χ2n) is 6.50. The first kappa shape index (κ1) is 19.6. The van der Waals surface area contributed by atoms with Crippen LogP contribution in [0.25, 0.3) is 0 Å². The van der Waals surface area contributed by atoms with Gasteiger partial charge in [0.15, 0.2) is 0 Å². The number of alkyl carbamates (subject to hydrolysis) is 1. The zero-order valence-corrected chi connectivity index (χ0v) is 15.4. The van der Waals surface area contributed by atoms with Gasteiger partial charge < -0.3 is 15.8 Å². The minimum atomic E-state index is -0.440. The van der Waals surface area contributed by atoms with Crippen LogP contribution in [0.15, 0.2) is 23.1 Å². The van der Waals surface area contributed by atoms with Crippen molar-refractivity contribution in [3.8, 4) is 0 Å². The van der Waals surface area contributed by atoms with E-state index in [1.54, 1.807) is 11.9 Å². The van der Waals surface area contributed by atoms with E-state index in [0.717, 1.165) is 42.0 Å². The quantitative estimate of drug-likeness (QED) is 0.381. The number of nitrogens with two attached hydrogens (primary N) is 1. The second-order valence-corrected chi connectivity index (χ2v) is 7.47. The third-order valence-corrected chi connectivity index (χ3v) is 3.90. The van der Waals surface area contributed by atoms with E-state index in [1.165, 1.54) is 0 Å². The van der Waals surface area contributed by atoms with Gasteiger partial charge in [-0.2, -0.15) is 0 Å². The molecule has 0 aliphatic carbocycles. The van der Waals surface area contributed by atoms with Crippen LogP contribution in [0.4, 0.5) is 10.5 Å². The Morgan fingerprint density at radius 1 is 1.22 bits per heavy atom. The van der Waals surface area contributed by atoms with Gasteiger partial charge in [-0.05, 0) is 70.2 Å².